The number of ether oxygens (including phenoxy) is 2. The summed E-state index contributed by atoms with van der Waals surface area (Å²) in [7, 11) is 0. The molecule has 4 rings (SSSR count). The number of hydrogen-bond acceptors (Lipinski definition) is 8. The van der Waals surface area contributed by atoms with E-state index < -0.39 is 18.2 Å². The number of amides is 1. The van der Waals surface area contributed by atoms with E-state index in [4.69, 9.17) is 14.0 Å². The smallest absolute Gasteiger partial charge is 0.267 e. The van der Waals surface area contributed by atoms with Crippen LogP contribution in [0.5, 0.6) is 5.88 Å². The first-order chi connectivity index (χ1) is 15.5. The van der Waals surface area contributed by atoms with Gasteiger partial charge in [-0.2, -0.15) is 0 Å². The first-order valence-electron chi connectivity index (χ1n) is 9.81. The fourth-order valence-electron chi connectivity index (χ4n) is 3.12. The van der Waals surface area contributed by atoms with Crippen molar-refractivity contribution in [2.24, 2.45) is 0 Å². The van der Waals surface area contributed by atoms with Crippen molar-refractivity contribution in [3.63, 3.8) is 0 Å². The number of nitrogens with zero attached hydrogens (tertiary/aromatic N) is 3. The molecule has 0 spiro atoms. The van der Waals surface area contributed by atoms with Gasteiger partial charge in [0.15, 0.2) is 17.4 Å². The number of aliphatic hydroxyl groups excluding tert-OH is 1. The molecule has 2 aromatic heterocycles. The highest BCUT2D eigenvalue weighted by molar-refractivity contribution is 5.93. The predicted molar refractivity (Wildman–Crippen MR) is 106 cm³/mol. The van der Waals surface area contributed by atoms with Gasteiger partial charge in [-0.3, -0.25) is 10.2 Å². The highest BCUT2D eigenvalue weighted by Gasteiger charge is 2.20. The van der Waals surface area contributed by atoms with Crippen LogP contribution in [0.4, 0.5) is 8.78 Å². The van der Waals surface area contributed by atoms with Gasteiger partial charge in [0.1, 0.15) is 18.9 Å². The number of aliphatic hydroxyl groups is 1. The van der Waals surface area contributed by atoms with Gasteiger partial charge in [-0.1, -0.05) is 5.16 Å². The van der Waals surface area contributed by atoms with Crippen LogP contribution in [0.2, 0.25) is 0 Å². The molecule has 1 aliphatic heterocycles. The minimum atomic E-state index is -1.03. The molecule has 0 bridgehead atoms. The molecule has 0 atom stereocenters. The number of pyridine rings is 1. The van der Waals surface area contributed by atoms with Crippen LogP contribution < -0.4 is 10.2 Å². The van der Waals surface area contributed by atoms with Crippen molar-refractivity contribution in [3.8, 4) is 17.1 Å². The van der Waals surface area contributed by atoms with Gasteiger partial charge in [0.25, 0.3) is 5.91 Å². The van der Waals surface area contributed by atoms with E-state index in [9.17, 15) is 18.7 Å². The third-order valence-electron chi connectivity index (χ3n) is 4.84. The number of hydrazine groups is 1. The van der Waals surface area contributed by atoms with Crippen LogP contribution in [0.25, 0.3) is 11.3 Å². The number of morpholine rings is 1. The molecule has 1 amide bonds. The molecule has 3 aromatic rings. The Morgan fingerprint density at radius 3 is 2.69 bits per heavy atom. The summed E-state index contributed by atoms with van der Waals surface area (Å²) >= 11 is 0. The summed E-state index contributed by atoms with van der Waals surface area (Å²) in [6.45, 7) is 1.76. The van der Waals surface area contributed by atoms with E-state index in [0.717, 1.165) is 12.1 Å². The topological polar surface area (TPSA) is 110 Å². The van der Waals surface area contributed by atoms with Crippen LogP contribution in [0, 0.1) is 11.6 Å². The fraction of sp³-hybridized carbons (Fsp3) is 0.286. The first kappa shape index (κ1) is 21.8. The van der Waals surface area contributed by atoms with Gasteiger partial charge >= 0.3 is 0 Å². The molecule has 0 aliphatic carbocycles. The highest BCUT2D eigenvalue weighted by atomic mass is 19.2. The first-order valence-corrected chi connectivity index (χ1v) is 9.81. The van der Waals surface area contributed by atoms with Crippen molar-refractivity contribution in [1.82, 2.24) is 20.6 Å². The van der Waals surface area contributed by atoms with E-state index in [0.29, 0.717) is 37.4 Å². The molecule has 9 nitrogen and oxygen atoms in total. The van der Waals surface area contributed by atoms with Crippen LogP contribution in [-0.4, -0.2) is 52.5 Å². The van der Waals surface area contributed by atoms with Gasteiger partial charge in [0.05, 0.1) is 24.3 Å². The molecule has 1 aliphatic rings. The van der Waals surface area contributed by atoms with E-state index in [1.807, 2.05) is 0 Å². The Kier molecular flexibility index (Phi) is 6.69. The average Bonchev–Trinajstić information content (AvgIpc) is 3.23. The lowest BCUT2D eigenvalue weighted by Crippen LogP contribution is -2.48. The Morgan fingerprint density at radius 1 is 1.19 bits per heavy atom. The Morgan fingerprint density at radius 2 is 2.00 bits per heavy atom. The van der Waals surface area contributed by atoms with E-state index >= 15 is 0 Å². The molecule has 0 radical (unpaired) electrons. The molecular formula is C21H20F2N4O5. The van der Waals surface area contributed by atoms with Crippen LogP contribution in [0.1, 0.15) is 21.7 Å². The number of rotatable bonds is 7. The van der Waals surface area contributed by atoms with E-state index in [-0.39, 0.29) is 35.4 Å². The van der Waals surface area contributed by atoms with Gasteiger partial charge in [-0.25, -0.2) is 18.8 Å². The summed E-state index contributed by atoms with van der Waals surface area (Å²) < 4.78 is 42.9. The summed E-state index contributed by atoms with van der Waals surface area (Å²) in [5, 5.41) is 15.1. The lowest BCUT2D eigenvalue weighted by atomic mass is 10.1. The maximum atomic E-state index is 13.6. The van der Waals surface area contributed by atoms with E-state index in [1.54, 1.807) is 11.1 Å². The van der Waals surface area contributed by atoms with Crippen LogP contribution in [-0.2, 0) is 18.0 Å². The number of carbonyl (C=O) groups is 1. The fourth-order valence-corrected chi connectivity index (χ4v) is 3.12. The molecular weight excluding hydrogens is 426 g/mol. The summed E-state index contributed by atoms with van der Waals surface area (Å²) in [6.07, 6.45) is 1.38. The van der Waals surface area contributed by atoms with Gasteiger partial charge in [0, 0.05) is 30.9 Å². The van der Waals surface area contributed by atoms with Crippen molar-refractivity contribution >= 4 is 5.91 Å². The number of halogens is 2. The van der Waals surface area contributed by atoms with Crippen molar-refractivity contribution in [1.29, 1.82) is 0 Å². The molecule has 1 fully saturated rings. The van der Waals surface area contributed by atoms with Gasteiger partial charge < -0.3 is 19.1 Å². The second-order valence-electron chi connectivity index (χ2n) is 6.93. The zero-order valence-electron chi connectivity index (χ0n) is 16.9. The summed E-state index contributed by atoms with van der Waals surface area (Å²) in [6, 6.07) is 6.40. The van der Waals surface area contributed by atoms with Crippen molar-refractivity contribution in [2.75, 3.05) is 26.3 Å². The normalized spacial score (nSPS) is 14.3. The largest absolute Gasteiger partial charge is 0.473 e. The zero-order valence-corrected chi connectivity index (χ0v) is 16.9. The van der Waals surface area contributed by atoms with Crippen molar-refractivity contribution < 1.29 is 32.7 Å². The zero-order chi connectivity index (χ0) is 22.5. The number of carbonyl (C=O) groups excluding carboxylic acids is 1. The summed E-state index contributed by atoms with van der Waals surface area (Å²) in [5.41, 5.74) is 4.00. The maximum absolute atomic E-state index is 13.6. The quantitative estimate of drug-likeness (QED) is 0.568. The molecule has 11 heteroatoms. The molecule has 1 aromatic carbocycles. The molecule has 0 unspecified atom stereocenters. The van der Waals surface area contributed by atoms with Crippen molar-refractivity contribution in [3.05, 3.63) is 65.1 Å². The lowest BCUT2D eigenvalue weighted by Gasteiger charge is -2.26. The van der Waals surface area contributed by atoms with Crippen molar-refractivity contribution in [2.45, 2.75) is 13.2 Å². The Bertz CT molecular complexity index is 1080. The second-order valence-corrected chi connectivity index (χ2v) is 6.93. The maximum Gasteiger partial charge on any atom is 0.267 e. The minimum absolute atomic E-state index is 0.0972. The van der Waals surface area contributed by atoms with E-state index in [1.165, 1.54) is 18.3 Å². The monoisotopic (exact) mass is 446 g/mol. The molecule has 1 saturated heterocycles. The standard InChI is InChI=1S/C21H20F2N4O5/c22-16-3-1-13(9-17(16)23)20-15(18(11-28)32-26-20)12-31-19-4-2-14(10-24-19)21(29)25-27-5-7-30-8-6-27/h1-4,9-10,28H,5-8,11-12H2,(H,25,29). The Hall–Kier alpha value is -3.41. The summed E-state index contributed by atoms with van der Waals surface area (Å²) in [4.78, 5) is 16.5. The van der Waals surface area contributed by atoms with E-state index in [2.05, 4.69) is 15.6 Å². The molecule has 3 heterocycles. The number of benzene rings is 1. The molecule has 2 N–H and O–H groups in total. The molecule has 32 heavy (non-hydrogen) atoms. The lowest BCUT2D eigenvalue weighted by molar-refractivity contribution is 0.0126. The predicted octanol–water partition coefficient (Wildman–Crippen LogP) is 2.06. The molecule has 168 valence electrons. The average molecular weight is 446 g/mol. The third kappa shape index (κ3) is 4.90. The number of nitrogens with one attached hydrogen (secondary N) is 1. The number of aromatic nitrogens is 2. The van der Waals surface area contributed by atoms with Crippen LogP contribution >= 0.6 is 0 Å². The van der Waals surface area contributed by atoms with Crippen LogP contribution in [0.15, 0.2) is 41.1 Å². The minimum Gasteiger partial charge on any atom is -0.473 e. The van der Waals surface area contributed by atoms with Crippen LogP contribution in [0.3, 0.4) is 0 Å². The Balaban J connectivity index is 1.43. The second kappa shape index (κ2) is 9.81. The number of hydrogen-bond donors (Lipinski definition) is 2. The van der Waals surface area contributed by atoms with Gasteiger partial charge in [0.2, 0.25) is 5.88 Å². The molecule has 0 saturated carbocycles. The SMILES string of the molecule is O=C(NN1CCOCC1)c1ccc(OCc2c(-c3ccc(F)c(F)c3)noc2CO)nc1. The van der Waals surface area contributed by atoms with Gasteiger partial charge in [-0.15, -0.1) is 0 Å². The third-order valence-corrected chi connectivity index (χ3v) is 4.84. The summed E-state index contributed by atoms with van der Waals surface area (Å²) in [5.74, 6) is -1.97. The highest BCUT2D eigenvalue weighted by Crippen LogP contribution is 2.28. The van der Waals surface area contributed by atoms with Gasteiger partial charge in [-0.05, 0) is 24.3 Å². The Labute approximate surface area is 181 Å².